The molecule has 1 aromatic heterocycles. The van der Waals surface area contributed by atoms with E-state index in [4.69, 9.17) is 0 Å². The summed E-state index contributed by atoms with van der Waals surface area (Å²) in [5.74, 6) is 0. The van der Waals surface area contributed by atoms with Crippen LogP contribution in [0.1, 0.15) is 19.9 Å². The first-order chi connectivity index (χ1) is 6.77. The highest BCUT2D eigenvalue weighted by molar-refractivity contribution is 5.62. The third kappa shape index (κ3) is 1.72. The van der Waals surface area contributed by atoms with Crippen LogP contribution in [0.3, 0.4) is 0 Å². The molecule has 0 spiro atoms. The highest BCUT2D eigenvalue weighted by Gasteiger charge is 2.01. The Kier molecular flexibility index (Phi) is 2.40. The minimum atomic E-state index is 0.479. The first-order valence-corrected chi connectivity index (χ1v) is 4.92. The van der Waals surface area contributed by atoms with Gasteiger partial charge in [0.15, 0.2) is 0 Å². The monoisotopic (exact) mass is 184 g/mol. The Labute approximate surface area is 85.0 Å². The van der Waals surface area contributed by atoms with Crippen molar-refractivity contribution in [2.45, 2.75) is 19.9 Å². The van der Waals surface area contributed by atoms with E-state index in [2.05, 4.69) is 55.1 Å². The molecule has 0 atom stereocenters. The van der Waals surface area contributed by atoms with Gasteiger partial charge in [-0.15, -0.1) is 0 Å². The smallest absolute Gasteiger partial charge is 0.0657 e. The molecule has 0 bridgehead atoms. The lowest BCUT2D eigenvalue weighted by atomic mass is 10.1. The summed E-state index contributed by atoms with van der Waals surface area (Å²) < 4.78 is 2.10. The van der Waals surface area contributed by atoms with E-state index in [0.717, 1.165) is 0 Å². The van der Waals surface area contributed by atoms with Crippen LogP contribution in [0.2, 0.25) is 0 Å². The molecule has 0 aliphatic rings. The average molecular weight is 184 g/mol. The van der Waals surface area contributed by atoms with Crippen LogP contribution in [-0.2, 0) is 0 Å². The molecular weight excluding hydrogens is 170 g/mol. The first-order valence-electron chi connectivity index (χ1n) is 4.92. The molecule has 1 heteroatoms. The molecule has 0 aliphatic carbocycles. The van der Waals surface area contributed by atoms with E-state index in [1.807, 2.05) is 12.1 Å². The number of rotatable bonds is 2. The fraction of sp³-hybridized carbons (Fsp3) is 0.231. The van der Waals surface area contributed by atoms with E-state index >= 15 is 0 Å². The molecule has 0 fully saturated rings. The third-order valence-corrected chi connectivity index (χ3v) is 2.31. The standard InChI is InChI=1S/C13H14N/c1-11(2)14-9-8-13(10-14)12-6-4-3-5-7-12/h3-8,10-11H,1-2H3. The lowest BCUT2D eigenvalue weighted by Crippen LogP contribution is -1.95. The molecule has 0 unspecified atom stereocenters. The van der Waals surface area contributed by atoms with E-state index in [1.54, 1.807) is 0 Å². The van der Waals surface area contributed by atoms with Crippen molar-refractivity contribution in [1.29, 1.82) is 0 Å². The summed E-state index contributed by atoms with van der Waals surface area (Å²) in [5.41, 5.74) is 2.49. The highest BCUT2D eigenvalue weighted by Crippen LogP contribution is 2.20. The Morgan fingerprint density at radius 1 is 1.07 bits per heavy atom. The maximum Gasteiger partial charge on any atom is 0.0657 e. The molecule has 0 saturated heterocycles. The second-order valence-corrected chi connectivity index (χ2v) is 3.72. The summed E-state index contributed by atoms with van der Waals surface area (Å²) in [5, 5.41) is 0. The molecule has 2 aromatic rings. The van der Waals surface area contributed by atoms with Crippen molar-refractivity contribution < 1.29 is 0 Å². The second kappa shape index (κ2) is 3.70. The largest absolute Gasteiger partial charge is 0.343 e. The zero-order valence-electron chi connectivity index (χ0n) is 8.57. The molecule has 0 aliphatic heterocycles. The van der Waals surface area contributed by atoms with Gasteiger partial charge in [-0.05, 0) is 25.5 Å². The van der Waals surface area contributed by atoms with E-state index in [9.17, 15) is 0 Å². The number of aromatic nitrogens is 1. The predicted molar refractivity (Wildman–Crippen MR) is 59.1 cm³/mol. The van der Waals surface area contributed by atoms with Crippen molar-refractivity contribution in [3.8, 4) is 11.1 Å². The Bertz CT molecular complexity index is 398. The number of benzene rings is 1. The van der Waals surface area contributed by atoms with Crippen LogP contribution in [0.25, 0.3) is 11.1 Å². The van der Waals surface area contributed by atoms with Gasteiger partial charge in [0.2, 0.25) is 0 Å². The summed E-state index contributed by atoms with van der Waals surface area (Å²) >= 11 is 0. The Morgan fingerprint density at radius 3 is 2.36 bits per heavy atom. The van der Waals surface area contributed by atoms with Gasteiger partial charge in [0.1, 0.15) is 0 Å². The first kappa shape index (κ1) is 9.07. The van der Waals surface area contributed by atoms with Crippen molar-refractivity contribution in [3.05, 3.63) is 48.8 Å². The highest BCUT2D eigenvalue weighted by atomic mass is 15.0. The van der Waals surface area contributed by atoms with Gasteiger partial charge in [0, 0.05) is 17.8 Å². The summed E-state index contributed by atoms with van der Waals surface area (Å²) in [6, 6.07) is 12.9. The zero-order chi connectivity index (χ0) is 9.97. The molecule has 1 heterocycles. The van der Waals surface area contributed by atoms with E-state index < -0.39 is 0 Å². The second-order valence-electron chi connectivity index (χ2n) is 3.72. The van der Waals surface area contributed by atoms with Gasteiger partial charge in [-0.3, -0.25) is 0 Å². The van der Waals surface area contributed by atoms with Gasteiger partial charge in [0.05, 0.1) is 6.20 Å². The molecule has 2 rings (SSSR count). The fourth-order valence-electron chi connectivity index (χ4n) is 1.46. The van der Waals surface area contributed by atoms with Gasteiger partial charge in [0.25, 0.3) is 0 Å². The van der Waals surface area contributed by atoms with Gasteiger partial charge < -0.3 is 4.57 Å². The molecule has 1 aromatic carbocycles. The average Bonchev–Trinajstić information content (AvgIpc) is 2.68. The Hall–Kier alpha value is -1.50. The van der Waals surface area contributed by atoms with Crippen LogP contribution in [0.15, 0.2) is 42.6 Å². The maximum absolute atomic E-state index is 3.22. The predicted octanol–water partition coefficient (Wildman–Crippen LogP) is 3.54. The van der Waals surface area contributed by atoms with E-state index in [0.29, 0.717) is 6.04 Å². The number of hydrogen-bond acceptors (Lipinski definition) is 0. The molecule has 0 N–H and O–H groups in total. The topological polar surface area (TPSA) is 4.93 Å². The minimum Gasteiger partial charge on any atom is -0.343 e. The lowest BCUT2D eigenvalue weighted by Gasteiger charge is -2.04. The van der Waals surface area contributed by atoms with Gasteiger partial charge in [-0.25, -0.2) is 0 Å². The summed E-state index contributed by atoms with van der Waals surface area (Å²) in [7, 11) is 0. The van der Waals surface area contributed by atoms with Gasteiger partial charge >= 0.3 is 0 Å². The molecule has 0 saturated carbocycles. The zero-order valence-corrected chi connectivity index (χ0v) is 8.57. The van der Waals surface area contributed by atoms with Crippen LogP contribution in [0, 0.1) is 6.20 Å². The molecule has 1 radical (unpaired) electrons. The molecular formula is C13H14N. The van der Waals surface area contributed by atoms with Crippen molar-refractivity contribution in [2.24, 2.45) is 0 Å². The van der Waals surface area contributed by atoms with Gasteiger partial charge in [-0.2, -0.15) is 0 Å². The minimum absolute atomic E-state index is 0.479. The summed E-state index contributed by atoms with van der Waals surface area (Å²) in [6.45, 7) is 4.32. The molecule has 1 nitrogen and oxygen atoms in total. The van der Waals surface area contributed by atoms with Crippen LogP contribution in [-0.4, -0.2) is 4.57 Å². The quantitative estimate of drug-likeness (QED) is 0.672. The van der Waals surface area contributed by atoms with Crippen molar-refractivity contribution in [3.63, 3.8) is 0 Å². The van der Waals surface area contributed by atoms with Crippen molar-refractivity contribution in [1.82, 2.24) is 4.57 Å². The lowest BCUT2D eigenvalue weighted by molar-refractivity contribution is 0.600. The Balaban J connectivity index is 2.34. The Morgan fingerprint density at radius 2 is 1.79 bits per heavy atom. The van der Waals surface area contributed by atoms with Crippen LogP contribution in [0.4, 0.5) is 0 Å². The SMILES string of the molecule is CC(C)n1[c]cc(-c2ccccc2)c1. The summed E-state index contributed by atoms with van der Waals surface area (Å²) in [6.07, 6.45) is 5.36. The van der Waals surface area contributed by atoms with Crippen molar-refractivity contribution >= 4 is 0 Å². The molecule has 0 amide bonds. The normalized spacial score (nSPS) is 10.8. The number of nitrogens with zero attached hydrogens (tertiary/aromatic N) is 1. The maximum atomic E-state index is 3.22. The van der Waals surface area contributed by atoms with E-state index in [1.165, 1.54) is 11.1 Å². The third-order valence-electron chi connectivity index (χ3n) is 2.31. The van der Waals surface area contributed by atoms with Crippen LogP contribution in [0.5, 0.6) is 0 Å². The molecule has 71 valence electrons. The summed E-state index contributed by atoms with van der Waals surface area (Å²) in [4.78, 5) is 0. The van der Waals surface area contributed by atoms with Crippen LogP contribution < -0.4 is 0 Å². The van der Waals surface area contributed by atoms with Crippen molar-refractivity contribution in [2.75, 3.05) is 0 Å². The molecule has 14 heavy (non-hydrogen) atoms. The number of hydrogen-bond donors (Lipinski definition) is 0. The van der Waals surface area contributed by atoms with Gasteiger partial charge in [-0.1, -0.05) is 30.3 Å². The fourth-order valence-corrected chi connectivity index (χ4v) is 1.46. The van der Waals surface area contributed by atoms with Crippen LogP contribution >= 0.6 is 0 Å². The van der Waals surface area contributed by atoms with E-state index in [-0.39, 0.29) is 0 Å².